The van der Waals surface area contributed by atoms with E-state index in [0.29, 0.717) is 17.2 Å². The molecule has 2 aromatic heterocycles. The van der Waals surface area contributed by atoms with E-state index in [0.717, 1.165) is 5.69 Å². The molecule has 1 aromatic carbocycles. The second-order valence-corrected chi connectivity index (χ2v) is 4.27. The van der Waals surface area contributed by atoms with Gasteiger partial charge < -0.3 is 15.6 Å². The van der Waals surface area contributed by atoms with Gasteiger partial charge in [-0.25, -0.2) is 4.68 Å². The lowest BCUT2D eigenvalue weighted by atomic mass is 10.3. The zero-order valence-electron chi connectivity index (χ0n) is 10.9. The van der Waals surface area contributed by atoms with Crippen molar-refractivity contribution in [2.45, 2.75) is 6.54 Å². The van der Waals surface area contributed by atoms with Gasteiger partial charge >= 0.3 is 0 Å². The fourth-order valence-electron chi connectivity index (χ4n) is 1.74. The minimum Gasteiger partial charge on any atom is -0.399 e. The van der Waals surface area contributed by atoms with Crippen molar-refractivity contribution in [1.82, 2.24) is 25.2 Å². The fourth-order valence-corrected chi connectivity index (χ4v) is 1.74. The number of benzene rings is 1. The molecule has 0 bridgehead atoms. The maximum atomic E-state index is 11.9. The quantitative estimate of drug-likeness (QED) is 0.684. The molecule has 8 heteroatoms. The van der Waals surface area contributed by atoms with Crippen molar-refractivity contribution in [3.63, 3.8) is 0 Å². The van der Waals surface area contributed by atoms with Crippen LogP contribution < -0.4 is 11.1 Å². The van der Waals surface area contributed by atoms with E-state index in [1.165, 1.54) is 6.39 Å². The number of anilines is 1. The third-order valence-electron chi connectivity index (χ3n) is 2.79. The molecule has 0 aliphatic heterocycles. The lowest BCUT2D eigenvalue weighted by Crippen LogP contribution is -2.24. The molecule has 0 atom stereocenters. The van der Waals surface area contributed by atoms with Crippen LogP contribution in [0.25, 0.3) is 5.69 Å². The number of nitrogen functional groups attached to an aromatic ring is 1. The maximum Gasteiger partial charge on any atom is 0.272 e. The Bertz CT molecular complexity index is 732. The molecule has 0 saturated heterocycles. The summed E-state index contributed by atoms with van der Waals surface area (Å²) in [5, 5.41) is 10.5. The van der Waals surface area contributed by atoms with Gasteiger partial charge in [0.15, 0.2) is 11.5 Å². The highest BCUT2D eigenvalue weighted by Crippen LogP contribution is 2.10. The average Bonchev–Trinajstić information content (AvgIpc) is 3.17. The predicted molar refractivity (Wildman–Crippen MR) is 73.4 cm³/mol. The van der Waals surface area contributed by atoms with E-state index < -0.39 is 0 Å². The van der Waals surface area contributed by atoms with Crippen LogP contribution in [0.15, 0.2) is 47.4 Å². The highest BCUT2D eigenvalue weighted by molar-refractivity contribution is 5.92. The van der Waals surface area contributed by atoms with Crippen molar-refractivity contribution < 1.29 is 9.32 Å². The molecule has 21 heavy (non-hydrogen) atoms. The van der Waals surface area contributed by atoms with Gasteiger partial charge in [0, 0.05) is 11.9 Å². The summed E-state index contributed by atoms with van der Waals surface area (Å²) in [7, 11) is 0. The van der Waals surface area contributed by atoms with Gasteiger partial charge in [-0.15, -0.1) is 0 Å². The smallest absolute Gasteiger partial charge is 0.272 e. The molecular weight excluding hydrogens is 272 g/mol. The summed E-state index contributed by atoms with van der Waals surface area (Å²) >= 11 is 0. The molecule has 106 valence electrons. The standard InChI is InChI=1S/C13H12N6O2/c14-9-1-3-10(4-2-9)19-6-5-11(17-19)13(20)15-7-12-16-8-21-18-12/h1-6,8H,7,14H2,(H,15,20). The molecule has 3 rings (SSSR count). The van der Waals surface area contributed by atoms with E-state index in [1.807, 2.05) is 12.1 Å². The summed E-state index contributed by atoms with van der Waals surface area (Å²) in [5.74, 6) is 0.0929. The van der Waals surface area contributed by atoms with Crippen molar-refractivity contribution in [3.8, 4) is 5.69 Å². The summed E-state index contributed by atoms with van der Waals surface area (Å²) in [6.45, 7) is 0.185. The highest BCUT2D eigenvalue weighted by Gasteiger charge is 2.11. The molecule has 3 N–H and O–H groups in total. The van der Waals surface area contributed by atoms with E-state index >= 15 is 0 Å². The Morgan fingerprint density at radius 1 is 1.29 bits per heavy atom. The molecule has 8 nitrogen and oxygen atoms in total. The third-order valence-corrected chi connectivity index (χ3v) is 2.79. The number of carbonyl (C=O) groups is 1. The molecule has 0 radical (unpaired) electrons. The fraction of sp³-hybridized carbons (Fsp3) is 0.0769. The first-order valence-corrected chi connectivity index (χ1v) is 6.17. The van der Waals surface area contributed by atoms with Crippen LogP contribution in [0.3, 0.4) is 0 Å². The van der Waals surface area contributed by atoms with Crippen LogP contribution in [0.1, 0.15) is 16.3 Å². The van der Waals surface area contributed by atoms with E-state index in [4.69, 9.17) is 5.73 Å². The summed E-state index contributed by atoms with van der Waals surface area (Å²) in [4.78, 5) is 15.8. The minimum atomic E-state index is -0.311. The zero-order chi connectivity index (χ0) is 14.7. The van der Waals surface area contributed by atoms with Crippen molar-refractivity contribution in [2.24, 2.45) is 0 Å². The number of amides is 1. The van der Waals surface area contributed by atoms with Crippen LogP contribution in [0.5, 0.6) is 0 Å². The molecule has 3 aromatic rings. The monoisotopic (exact) mass is 284 g/mol. The molecule has 0 aliphatic rings. The minimum absolute atomic E-state index is 0.185. The maximum absolute atomic E-state index is 11.9. The van der Waals surface area contributed by atoms with Crippen molar-refractivity contribution in [3.05, 3.63) is 54.4 Å². The second kappa shape index (κ2) is 5.45. The number of nitrogens with one attached hydrogen (secondary N) is 1. The van der Waals surface area contributed by atoms with Gasteiger partial charge in [-0.2, -0.15) is 10.1 Å². The summed E-state index contributed by atoms with van der Waals surface area (Å²) in [6, 6.07) is 8.81. The Labute approximate surface area is 119 Å². The molecule has 0 aliphatic carbocycles. The molecule has 0 spiro atoms. The third kappa shape index (κ3) is 2.89. The normalized spacial score (nSPS) is 10.5. The molecule has 1 amide bonds. The van der Waals surface area contributed by atoms with E-state index in [1.54, 1.807) is 29.1 Å². The number of hydrogen-bond acceptors (Lipinski definition) is 6. The highest BCUT2D eigenvalue weighted by atomic mass is 16.5. The zero-order valence-corrected chi connectivity index (χ0v) is 10.9. The number of nitrogens with zero attached hydrogens (tertiary/aromatic N) is 4. The van der Waals surface area contributed by atoms with E-state index in [9.17, 15) is 4.79 Å². The Morgan fingerprint density at radius 3 is 2.81 bits per heavy atom. The molecule has 2 heterocycles. The Balaban J connectivity index is 1.69. The topological polar surface area (TPSA) is 112 Å². The van der Waals surface area contributed by atoms with E-state index in [-0.39, 0.29) is 12.5 Å². The summed E-state index contributed by atoms with van der Waals surface area (Å²) in [6.07, 6.45) is 2.91. The first-order chi connectivity index (χ1) is 10.2. The molecular formula is C13H12N6O2. The van der Waals surface area contributed by atoms with Gasteiger partial charge in [0.1, 0.15) is 0 Å². The number of nitrogens with two attached hydrogens (primary N) is 1. The van der Waals surface area contributed by atoms with Gasteiger partial charge in [-0.05, 0) is 30.3 Å². The Kier molecular flexibility index (Phi) is 3.34. The van der Waals surface area contributed by atoms with Gasteiger partial charge in [-0.3, -0.25) is 4.79 Å². The first-order valence-electron chi connectivity index (χ1n) is 6.17. The van der Waals surface area contributed by atoms with Crippen LogP contribution >= 0.6 is 0 Å². The van der Waals surface area contributed by atoms with Crippen molar-refractivity contribution in [2.75, 3.05) is 5.73 Å². The van der Waals surface area contributed by atoms with Crippen LogP contribution in [0.2, 0.25) is 0 Å². The number of aromatic nitrogens is 4. The molecule has 0 saturated carbocycles. The van der Waals surface area contributed by atoms with Crippen LogP contribution in [0.4, 0.5) is 5.69 Å². The predicted octanol–water partition coefficient (Wildman–Crippen LogP) is 0.767. The molecule has 0 fully saturated rings. The van der Waals surface area contributed by atoms with Crippen molar-refractivity contribution in [1.29, 1.82) is 0 Å². The van der Waals surface area contributed by atoms with Crippen LogP contribution in [-0.2, 0) is 6.54 Å². The Morgan fingerprint density at radius 2 is 2.10 bits per heavy atom. The van der Waals surface area contributed by atoms with Crippen LogP contribution in [-0.4, -0.2) is 25.8 Å². The lowest BCUT2D eigenvalue weighted by molar-refractivity contribution is 0.0944. The first kappa shape index (κ1) is 12.9. The largest absolute Gasteiger partial charge is 0.399 e. The SMILES string of the molecule is Nc1ccc(-n2ccc(C(=O)NCc3ncon3)n2)cc1. The van der Waals surface area contributed by atoms with Gasteiger partial charge in [0.05, 0.1) is 12.2 Å². The van der Waals surface area contributed by atoms with Gasteiger partial charge in [0.2, 0.25) is 6.39 Å². The summed E-state index contributed by atoms with van der Waals surface area (Å²) < 4.78 is 6.18. The van der Waals surface area contributed by atoms with Gasteiger partial charge in [-0.1, -0.05) is 5.16 Å². The molecule has 0 unspecified atom stereocenters. The average molecular weight is 284 g/mol. The Hall–Kier alpha value is -3.16. The number of carbonyl (C=O) groups excluding carboxylic acids is 1. The number of hydrogen-bond donors (Lipinski definition) is 2. The van der Waals surface area contributed by atoms with Gasteiger partial charge in [0.25, 0.3) is 5.91 Å². The number of rotatable bonds is 4. The second-order valence-electron chi connectivity index (χ2n) is 4.27. The van der Waals surface area contributed by atoms with Crippen molar-refractivity contribution >= 4 is 11.6 Å². The lowest BCUT2D eigenvalue weighted by Gasteiger charge is -2.02. The van der Waals surface area contributed by atoms with Crippen LogP contribution in [0, 0.1) is 0 Å². The van der Waals surface area contributed by atoms with E-state index in [2.05, 4.69) is 25.1 Å². The summed E-state index contributed by atoms with van der Waals surface area (Å²) in [5.41, 5.74) is 7.42.